The van der Waals surface area contributed by atoms with E-state index in [2.05, 4.69) is 13.2 Å². The zero-order valence-corrected chi connectivity index (χ0v) is 28.7. The Hall–Kier alpha value is -4.48. The van der Waals surface area contributed by atoms with Crippen LogP contribution in [0.15, 0.2) is 79.9 Å². The summed E-state index contributed by atoms with van der Waals surface area (Å²) in [6.07, 6.45) is 3.43. The Bertz CT molecular complexity index is 1550. The van der Waals surface area contributed by atoms with E-state index in [1.807, 2.05) is 37.3 Å². The number of aliphatic hydroxyl groups is 1. The number of esters is 1. The van der Waals surface area contributed by atoms with Gasteiger partial charge in [-0.25, -0.2) is 0 Å². The molecule has 0 saturated carbocycles. The highest BCUT2D eigenvalue weighted by molar-refractivity contribution is 6.04. The Labute approximate surface area is 288 Å². The summed E-state index contributed by atoms with van der Waals surface area (Å²) in [7, 11) is 3.23. The van der Waals surface area contributed by atoms with Crippen LogP contribution in [0.2, 0.25) is 0 Å². The Morgan fingerprint density at radius 2 is 1.80 bits per heavy atom. The molecule has 3 amide bonds. The molecule has 262 valence electrons. The molecule has 0 aromatic heterocycles. The average Bonchev–Trinajstić information content (AvgIpc) is 3.78. The topological polar surface area (TPSA) is 126 Å². The molecule has 0 radical (unpaired) electrons. The fourth-order valence-electron chi connectivity index (χ4n) is 7.69. The van der Waals surface area contributed by atoms with E-state index in [0.29, 0.717) is 36.3 Å². The maximum Gasteiger partial charge on any atom is 0.313 e. The van der Waals surface area contributed by atoms with Gasteiger partial charge in [0.25, 0.3) is 5.91 Å². The molecule has 5 rings (SSSR count). The minimum atomic E-state index is -1.30. The van der Waals surface area contributed by atoms with Crippen LogP contribution in [0.3, 0.4) is 0 Å². The van der Waals surface area contributed by atoms with Crippen LogP contribution < -0.4 is 9.64 Å². The van der Waals surface area contributed by atoms with Crippen molar-refractivity contribution in [3.63, 3.8) is 0 Å². The molecule has 0 unspecified atom stereocenters. The van der Waals surface area contributed by atoms with Gasteiger partial charge in [-0.3, -0.25) is 19.2 Å². The lowest BCUT2D eigenvalue weighted by Crippen LogP contribution is -2.58. The van der Waals surface area contributed by atoms with E-state index in [0.717, 1.165) is 0 Å². The highest BCUT2D eigenvalue weighted by Gasteiger charge is 2.75. The van der Waals surface area contributed by atoms with Gasteiger partial charge in [0.15, 0.2) is 0 Å². The minimum absolute atomic E-state index is 0.117. The van der Waals surface area contributed by atoms with Gasteiger partial charge in [-0.05, 0) is 62.9 Å². The molecular formula is C38H47N3O8. The van der Waals surface area contributed by atoms with Gasteiger partial charge in [0.05, 0.1) is 43.7 Å². The number of aliphatic hydroxyl groups excluding tert-OH is 1. The summed E-state index contributed by atoms with van der Waals surface area (Å²) in [6, 6.07) is 13.8. The number of amides is 3. The van der Waals surface area contributed by atoms with Crippen molar-refractivity contribution in [2.75, 3.05) is 32.2 Å². The number of allylic oxidation sites excluding steroid dienone is 1. The van der Waals surface area contributed by atoms with Crippen molar-refractivity contribution in [3.05, 3.63) is 85.5 Å². The molecular weight excluding hydrogens is 626 g/mol. The summed E-state index contributed by atoms with van der Waals surface area (Å²) in [5.41, 5.74) is -0.0284. The molecule has 1 spiro atoms. The summed E-state index contributed by atoms with van der Waals surface area (Å²) in [4.78, 5) is 61.0. The van der Waals surface area contributed by atoms with E-state index in [-0.39, 0.29) is 25.5 Å². The van der Waals surface area contributed by atoms with Gasteiger partial charge >= 0.3 is 5.97 Å². The van der Waals surface area contributed by atoms with Crippen LogP contribution in [0.5, 0.6) is 5.75 Å². The number of nitrogens with zero attached hydrogens (tertiary/aromatic N) is 3. The Morgan fingerprint density at radius 1 is 1.10 bits per heavy atom. The van der Waals surface area contributed by atoms with Gasteiger partial charge in [-0.2, -0.15) is 0 Å². The number of hydrogen-bond acceptors (Lipinski definition) is 8. The van der Waals surface area contributed by atoms with Crippen LogP contribution in [0, 0.1) is 11.8 Å². The van der Waals surface area contributed by atoms with Crippen molar-refractivity contribution < 1.29 is 38.5 Å². The third-order valence-corrected chi connectivity index (χ3v) is 10.3. The number of benzene rings is 2. The monoisotopic (exact) mass is 673 g/mol. The molecule has 3 aliphatic heterocycles. The molecule has 11 heteroatoms. The lowest BCUT2D eigenvalue weighted by atomic mass is 9.70. The molecule has 1 N–H and O–H groups in total. The summed E-state index contributed by atoms with van der Waals surface area (Å²) in [5, 5.41) is 10.3. The number of likely N-dealkylation sites (tertiary alicyclic amines) is 1. The van der Waals surface area contributed by atoms with Crippen molar-refractivity contribution in [3.8, 4) is 5.75 Å². The number of carbonyl (C=O) groups is 4. The standard InChI is InChI=1S/C38H47N3O8/c1-7-9-15-30(43)39(5)25(4)33(26-13-11-10-12-14-26)48-37(46)31-29-20-21-38(49-29)32(31)35(44)41(24(3)23-42)34(38)36(45)40(22-8-2)27-16-18-28(47-6)19-17-27/h7-8,10-14,16-19,24-25,29,31-34,42H,1-2,9,15,20-23H2,3-6H3/t24-,25-,29+,31-,32-,33+,34+,38-/m1/s1. The van der Waals surface area contributed by atoms with Crippen LogP contribution in [0.25, 0.3) is 0 Å². The number of methoxy groups -OCH3 is 1. The van der Waals surface area contributed by atoms with Gasteiger partial charge < -0.3 is 34.0 Å². The number of rotatable bonds is 15. The second-order valence-electron chi connectivity index (χ2n) is 13.1. The number of carbonyl (C=O) groups excluding carboxylic acids is 4. The van der Waals surface area contributed by atoms with Crippen molar-refractivity contribution >= 4 is 29.4 Å². The predicted octanol–water partition coefficient (Wildman–Crippen LogP) is 4.07. The lowest BCUT2D eigenvalue weighted by Gasteiger charge is -2.38. The van der Waals surface area contributed by atoms with E-state index in [1.54, 1.807) is 62.4 Å². The maximum absolute atomic E-state index is 14.7. The molecule has 3 aliphatic rings. The van der Waals surface area contributed by atoms with Crippen molar-refractivity contribution in [2.45, 2.75) is 75.5 Å². The van der Waals surface area contributed by atoms with Crippen molar-refractivity contribution in [1.82, 2.24) is 9.80 Å². The van der Waals surface area contributed by atoms with Gasteiger partial charge in [0.1, 0.15) is 23.5 Å². The molecule has 11 nitrogen and oxygen atoms in total. The van der Waals surface area contributed by atoms with Crippen LogP contribution in [-0.4, -0.2) is 95.7 Å². The Balaban J connectivity index is 1.49. The van der Waals surface area contributed by atoms with E-state index >= 15 is 0 Å². The number of hydrogen-bond donors (Lipinski definition) is 1. The SMILES string of the molecule is C=CCCC(=O)N(C)[C@H](C)[C@H](OC(=O)[C@@H]1[C@@H]2CC[C@]3(O2)[C@H](C(=O)N(CC=C)c2ccc(OC)cc2)N([C@H](C)CO)C(=O)[C@@H]13)c1ccccc1. The van der Waals surface area contributed by atoms with E-state index in [4.69, 9.17) is 14.2 Å². The molecule has 3 heterocycles. The highest BCUT2D eigenvalue weighted by atomic mass is 16.6. The van der Waals surface area contributed by atoms with Crippen molar-refractivity contribution in [1.29, 1.82) is 0 Å². The Morgan fingerprint density at radius 3 is 2.41 bits per heavy atom. The summed E-state index contributed by atoms with van der Waals surface area (Å²) >= 11 is 0. The summed E-state index contributed by atoms with van der Waals surface area (Å²) in [5.74, 6) is -2.93. The quantitative estimate of drug-likeness (QED) is 0.222. The van der Waals surface area contributed by atoms with Crippen molar-refractivity contribution in [2.24, 2.45) is 11.8 Å². The first-order valence-electron chi connectivity index (χ1n) is 16.8. The van der Waals surface area contributed by atoms with Gasteiger partial charge in [-0.15, -0.1) is 13.2 Å². The normalized spacial score (nSPS) is 25.6. The first-order valence-corrected chi connectivity index (χ1v) is 16.8. The smallest absolute Gasteiger partial charge is 0.313 e. The molecule has 2 aromatic carbocycles. The van der Waals surface area contributed by atoms with Gasteiger partial charge in [-0.1, -0.05) is 42.5 Å². The zero-order chi connectivity index (χ0) is 35.5. The summed E-state index contributed by atoms with van der Waals surface area (Å²) < 4.78 is 18.2. The molecule has 2 bridgehead atoms. The van der Waals surface area contributed by atoms with Crippen LogP contribution >= 0.6 is 0 Å². The first kappa shape index (κ1) is 35.8. The Kier molecular flexibility index (Phi) is 10.9. The van der Waals surface area contributed by atoms with Crippen LogP contribution in [-0.2, 0) is 28.7 Å². The number of fused-ring (bicyclic) bond motifs is 1. The fourth-order valence-corrected chi connectivity index (χ4v) is 7.69. The third-order valence-electron chi connectivity index (χ3n) is 10.3. The highest BCUT2D eigenvalue weighted by Crippen LogP contribution is 2.59. The fraction of sp³-hybridized carbons (Fsp3) is 0.474. The molecule has 0 aliphatic carbocycles. The average molecular weight is 674 g/mol. The van der Waals surface area contributed by atoms with E-state index < -0.39 is 65.6 Å². The van der Waals surface area contributed by atoms with Crippen LogP contribution in [0.1, 0.15) is 51.2 Å². The third kappa shape index (κ3) is 6.49. The first-order chi connectivity index (χ1) is 23.5. The van der Waals surface area contributed by atoms with E-state index in [1.165, 1.54) is 9.80 Å². The van der Waals surface area contributed by atoms with E-state index in [9.17, 15) is 24.3 Å². The largest absolute Gasteiger partial charge is 0.497 e. The number of anilines is 1. The molecule has 49 heavy (non-hydrogen) atoms. The number of likely N-dealkylation sites (N-methyl/N-ethyl adjacent to an activating group) is 1. The van der Waals surface area contributed by atoms with Gasteiger partial charge in [0, 0.05) is 25.7 Å². The maximum atomic E-state index is 14.7. The predicted molar refractivity (Wildman–Crippen MR) is 183 cm³/mol. The lowest BCUT2D eigenvalue weighted by molar-refractivity contribution is -0.165. The second kappa shape index (κ2) is 15.0. The minimum Gasteiger partial charge on any atom is -0.497 e. The summed E-state index contributed by atoms with van der Waals surface area (Å²) in [6.45, 7) is 10.8. The van der Waals surface area contributed by atoms with Gasteiger partial charge in [0.2, 0.25) is 11.8 Å². The zero-order valence-electron chi connectivity index (χ0n) is 28.7. The molecule has 3 saturated heterocycles. The molecule has 3 fully saturated rings. The molecule has 2 aromatic rings. The molecule has 8 atom stereocenters. The number of ether oxygens (including phenoxy) is 3. The second-order valence-corrected chi connectivity index (χ2v) is 13.1. The van der Waals surface area contributed by atoms with Crippen LogP contribution in [0.4, 0.5) is 5.69 Å².